The number of anilines is 1. The van der Waals surface area contributed by atoms with Gasteiger partial charge in [-0.3, -0.25) is 9.59 Å². The summed E-state index contributed by atoms with van der Waals surface area (Å²) in [6.45, 7) is 3.75. The van der Waals surface area contributed by atoms with E-state index in [1.807, 2.05) is 40.9 Å². The SMILES string of the molecule is Cl.O=C(CC1COCCN1)Nc1ccc(CC(=O)N2CCSCC2)cc1. The van der Waals surface area contributed by atoms with Crippen molar-refractivity contribution in [3.8, 4) is 0 Å². The number of nitrogens with zero attached hydrogens (tertiary/aromatic N) is 1. The van der Waals surface area contributed by atoms with E-state index in [4.69, 9.17) is 4.74 Å². The highest BCUT2D eigenvalue weighted by Crippen LogP contribution is 2.14. The first-order valence-corrected chi connectivity index (χ1v) is 9.91. The summed E-state index contributed by atoms with van der Waals surface area (Å²) >= 11 is 1.90. The number of carbonyl (C=O) groups is 2. The summed E-state index contributed by atoms with van der Waals surface area (Å²) < 4.78 is 5.36. The molecule has 3 rings (SSSR count). The predicted octanol–water partition coefficient (Wildman–Crippen LogP) is 1.54. The molecule has 0 radical (unpaired) electrons. The molecule has 2 heterocycles. The molecular weight excluding hydrogens is 374 g/mol. The van der Waals surface area contributed by atoms with Crippen LogP contribution in [0.25, 0.3) is 0 Å². The average molecular weight is 400 g/mol. The van der Waals surface area contributed by atoms with Crippen molar-refractivity contribution >= 4 is 41.7 Å². The van der Waals surface area contributed by atoms with Crippen molar-refractivity contribution in [2.24, 2.45) is 0 Å². The number of amides is 2. The van der Waals surface area contributed by atoms with Gasteiger partial charge in [0, 0.05) is 49.3 Å². The van der Waals surface area contributed by atoms with E-state index in [-0.39, 0.29) is 30.3 Å². The van der Waals surface area contributed by atoms with Crippen LogP contribution in [0.2, 0.25) is 0 Å². The van der Waals surface area contributed by atoms with Crippen molar-refractivity contribution in [3.63, 3.8) is 0 Å². The average Bonchev–Trinajstić information content (AvgIpc) is 2.65. The van der Waals surface area contributed by atoms with E-state index in [0.717, 1.165) is 42.4 Å². The lowest BCUT2D eigenvalue weighted by Gasteiger charge is -2.26. The van der Waals surface area contributed by atoms with Gasteiger partial charge >= 0.3 is 0 Å². The number of halogens is 1. The van der Waals surface area contributed by atoms with Gasteiger partial charge in [0.25, 0.3) is 0 Å². The molecule has 8 heteroatoms. The molecule has 0 aromatic heterocycles. The zero-order valence-electron chi connectivity index (χ0n) is 14.7. The Bertz CT molecular complexity index is 588. The van der Waals surface area contributed by atoms with Crippen molar-refractivity contribution < 1.29 is 14.3 Å². The molecule has 1 aromatic rings. The first kappa shape index (κ1) is 21.0. The zero-order valence-corrected chi connectivity index (χ0v) is 16.4. The minimum absolute atomic E-state index is 0. The largest absolute Gasteiger partial charge is 0.378 e. The maximum atomic E-state index is 12.3. The highest BCUT2D eigenvalue weighted by Gasteiger charge is 2.18. The second-order valence-electron chi connectivity index (χ2n) is 6.35. The van der Waals surface area contributed by atoms with Crippen LogP contribution in [0.1, 0.15) is 12.0 Å². The Morgan fingerprint density at radius 2 is 1.96 bits per heavy atom. The Balaban J connectivity index is 0.00000243. The molecule has 2 amide bonds. The molecule has 0 spiro atoms. The van der Waals surface area contributed by atoms with Crippen LogP contribution in [-0.2, 0) is 20.7 Å². The second-order valence-corrected chi connectivity index (χ2v) is 7.57. The molecule has 1 unspecified atom stereocenters. The Morgan fingerprint density at radius 3 is 2.62 bits per heavy atom. The van der Waals surface area contributed by atoms with Crippen molar-refractivity contribution in [1.82, 2.24) is 10.2 Å². The topological polar surface area (TPSA) is 70.7 Å². The molecule has 2 aliphatic rings. The van der Waals surface area contributed by atoms with Crippen LogP contribution in [0.5, 0.6) is 0 Å². The fourth-order valence-electron chi connectivity index (χ4n) is 2.99. The predicted molar refractivity (Wildman–Crippen MR) is 107 cm³/mol. The van der Waals surface area contributed by atoms with E-state index < -0.39 is 0 Å². The van der Waals surface area contributed by atoms with Crippen molar-refractivity contribution in [2.45, 2.75) is 18.9 Å². The summed E-state index contributed by atoms with van der Waals surface area (Å²) in [6.07, 6.45) is 0.815. The number of ether oxygens (including phenoxy) is 1. The van der Waals surface area contributed by atoms with Gasteiger partial charge in [0.2, 0.25) is 11.8 Å². The minimum atomic E-state index is -0.0300. The Hall–Kier alpha value is -1.28. The molecular formula is C18H26ClN3O3S. The fourth-order valence-corrected chi connectivity index (χ4v) is 3.89. The molecule has 0 saturated carbocycles. The molecule has 0 aliphatic carbocycles. The molecule has 144 valence electrons. The number of nitrogens with one attached hydrogen (secondary N) is 2. The number of thioether (sulfide) groups is 1. The van der Waals surface area contributed by atoms with Gasteiger partial charge in [0.05, 0.1) is 19.6 Å². The smallest absolute Gasteiger partial charge is 0.227 e. The summed E-state index contributed by atoms with van der Waals surface area (Å²) in [5.41, 5.74) is 1.73. The van der Waals surface area contributed by atoms with Gasteiger partial charge in [-0.25, -0.2) is 0 Å². The quantitative estimate of drug-likeness (QED) is 0.786. The van der Waals surface area contributed by atoms with Crippen LogP contribution in [-0.4, -0.2) is 67.1 Å². The van der Waals surface area contributed by atoms with Crippen molar-refractivity contribution in [3.05, 3.63) is 29.8 Å². The highest BCUT2D eigenvalue weighted by molar-refractivity contribution is 7.99. The van der Waals surface area contributed by atoms with Crippen molar-refractivity contribution in [1.29, 1.82) is 0 Å². The molecule has 2 N–H and O–H groups in total. The zero-order chi connectivity index (χ0) is 17.5. The van der Waals surface area contributed by atoms with E-state index in [1.165, 1.54) is 0 Å². The third kappa shape index (κ3) is 6.46. The number of carbonyl (C=O) groups excluding carboxylic acids is 2. The molecule has 26 heavy (non-hydrogen) atoms. The van der Waals surface area contributed by atoms with Crippen LogP contribution >= 0.6 is 24.2 Å². The highest BCUT2D eigenvalue weighted by atomic mass is 35.5. The lowest BCUT2D eigenvalue weighted by atomic mass is 10.1. The Labute approximate surface area is 164 Å². The number of hydrogen-bond donors (Lipinski definition) is 2. The van der Waals surface area contributed by atoms with Crippen molar-refractivity contribution in [2.75, 3.05) is 49.7 Å². The summed E-state index contributed by atoms with van der Waals surface area (Å²) in [6, 6.07) is 7.62. The molecule has 2 aliphatic heterocycles. The van der Waals surface area contributed by atoms with E-state index in [0.29, 0.717) is 26.1 Å². The number of hydrogen-bond acceptors (Lipinski definition) is 5. The van der Waals surface area contributed by atoms with E-state index in [9.17, 15) is 9.59 Å². The standard InChI is InChI=1S/C18H25N3O3S.ClH/c22-17(12-16-13-24-8-5-19-16)20-15-3-1-14(2-4-15)11-18(23)21-6-9-25-10-7-21;/h1-4,16,19H,5-13H2,(H,20,22);1H. The van der Waals surface area contributed by atoms with Gasteiger partial charge in [-0.05, 0) is 17.7 Å². The van der Waals surface area contributed by atoms with Gasteiger partial charge in [-0.2, -0.15) is 11.8 Å². The molecule has 2 saturated heterocycles. The number of rotatable bonds is 5. The van der Waals surface area contributed by atoms with Crippen LogP contribution in [0.15, 0.2) is 24.3 Å². The van der Waals surface area contributed by atoms with Gasteiger partial charge < -0.3 is 20.3 Å². The monoisotopic (exact) mass is 399 g/mol. The van der Waals surface area contributed by atoms with Gasteiger partial charge in [0.1, 0.15) is 0 Å². The Morgan fingerprint density at radius 1 is 1.23 bits per heavy atom. The molecule has 1 aromatic carbocycles. The summed E-state index contributed by atoms with van der Waals surface area (Å²) in [4.78, 5) is 26.3. The third-order valence-corrected chi connectivity index (χ3v) is 5.33. The summed E-state index contributed by atoms with van der Waals surface area (Å²) in [5, 5.41) is 6.17. The number of morpholine rings is 1. The fraction of sp³-hybridized carbons (Fsp3) is 0.556. The van der Waals surface area contributed by atoms with E-state index in [1.54, 1.807) is 0 Å². The summed E-state index contributed by atoms with van der Waals surface area (Å²) in [5.74, 6) is 2.20. The van der Waals surface area contributed by atoms with Crippen LogP contribution in [0.3, 0.4) is 0 Å². The molecule has 0 bridgehead atoms. The van der Waals surface area contributed by atoms with Crippen LogP contribution in [0.4, 0.5) is 5.69 Å². The van der Waals surface area contributed by atoms with Gasteiger partial charge in [-0.1, -0.05) is 12.1 Å². The third-order valence-electron chi connectivity index (χ3n) is 4.39. The first-order valence-electron chi connectivity index (χ1n) is 8.76. The lowest BCUT2D eigenvalue weighted by Crippen LogP contribution is -2.43. The first-order chi connectivity index (χ1) is 12.2. The van der Waals surface area contributed by atoms with Crippen LogP contribution < -0.4 is 10.6 Å². The van der Waals surface area contributed by atoms with E-state index in [2.05, 4.69) is 10.6 Å². The molecule has 2 fully saturated rings. The summed E-state index contributed by atoms with van der Waals surface area (Å²) in [7, 11) is 0. The van der Waals surface area contributed by atoms with E-state index >= 15 is 0 Å². The maximum absolute atomic E-state index is 12.3. The Kier molecular flexibility index (Phi) is 8.71. The second kappa shape index (κ2) is 10.8. The molecule has 1 atom stereocenters. The maximum Gasteiger partial charge on any atom is 0.227 e. The normalized spacial score (nSPS) is 20.2. The van der Waals surface area contributed by atoms with Gasteiger partial charge in [0.15, 0.2) is 0 Å². The van der Waals surface area contributed by atoms with Crippen LogP contribution in [0, 0.1) is 0 Å². The molecule has 6 nitrogen and oxygen atoms in total. The number of benzene rings is 1. The minimum Gasteiger partial charge on any atom is -0.378 e. The van der Waals surface area contributed by atoms with Gasteiger partial charge in [-0.15, -0.1) is 12.4 Å². The lowest BCUT2D eigenvalue weighted by molar-refractivity contribution is -0.130.